The van der Waals surface area contributed by atoms with E-state index in [-0.39, 0.29) is 5.01 Å². The number of carboxylic acids is 1. The Labute approximate surface area is 131 Å². The van der Waals surface area contributed by atoms with E-state index in [2.05, 4.69) is 4.98 Å². The SMILES string of the molecule is COc1ccc(OC)c2sc(C(N)=O)nc12.O=C(O)C(F)(F)F. The van der Waals surface area contributed by atoms with Gasteiger partial charge in [0.25, 0.3) is 5.91 Å². The minimum atomic E-state index is -5.08. The maximum absolute atomic E-state index is 11.1. The van der Waals surface area contributed by atoms with Crippen LogP contribution in [0.15, 0.2) is 12.1 Å². The highest BCUT2D eigenvalue weighted by molar-refractivity contribution is 7.20. The first-order chi connectivity index (χ1) is 10.6. The molecule has 0 aliphatic carbocycles. The summed E-state index contributed by atoms with van der Waals surface area (Å²) in [4.78, 5) is 24.1. The van der Waals surface area contributed by atoms with E-state index < -0.39 is 18.1 Å². The van der Waals surface area contributed by atoms with Gasteiger partial charge in [-0.15, -0.1) is 11.3 Å². The van der Waals surface area contributed by atoms with Crippen LogP contribution in [0.4, 0.5) is 13.2 Å². The van der Waals surface area contributed by atoms with Crippen molar-refractivity contribution >= 4 is 33.4 Å². The van der Waals surface area contributed by atoms with E-state index in [4.69, 9.17) is 25.1 Å². The number of carbonyl (C=O) groups excluding carboxylic acids is 1. The lowest BCUT2D eigenvalue weighted by Gasteiger charge is -2.03. The van der Waals surface area contributed by atoms with Gasteiger partial charge in [-0.05, 0) is 12.1 Å². The maximum Gasteiger partial charge on any atom is 0.490 e. The Hall–Kier alpha value is -2.56. The summed E-state index contributed by atoms with van der Waals surface area (Å²) in [5.74, 6) is -2.06. The van der Waals surface area contributed by atoms with Crippen LogP contribution < -0.4 is 15.2 Å². The lowest BCUT2D eigenvalue weighted by molar-refractivity contribution is -0.192. The fourth-order valence-electron chi connectivity index (χ4n) is 1.39. The number of amides is 1. The van der Waals surface area contributed by atoms with Gasteiger partial charge in [0, 0.05) is 0 Å². The van der Waals surface area contributed by atoms with E-state index in [0.29, 0.717) is 17.0 Å². The topological polar surface area (TPSA) is 112 Å². The molecule has 0 saturated heterocycles. The van der Waals surface area contributed by atoms with Crippen LogP contribution in [-0.4, -0.2) is 42.4 Å². The number of alkyl halides is 3. The molecule has 3 N–H and O–H groups in total. The third-order valence-electron chi connectivity index (χ3n) is 2.36. The second-order valence-electron chi connectivity index (χ2n) is 3.83. The zero-order valence-corrected chi connectivity index (χ0v) is 12.6. The number of methoxy groups -OCH3 is 2. The van der Waals surface area contributed by atoms with Gasteiger partial charge in [-0.2, -0.15) is 13.2 Å². The van der Waals surface area contributed by atoms with Crippen molar-refractivity contribution in [1.82, 2.24) is 4.98 Å². The number of fused-ring (bicyclic) bond motifs is 1. The number of thiazole rings is 1. The van der Waals surface area contributed by atoms with Crippen molar-refractivity contribution in [3.63, 3.8) is 0 Å². The largest absolute Gasteiger partial charge is 0.495 e. The standard InChI is InChI=1S/C10H10N2O3S.C2HF3O2/c1-14-5-3-4-6(15-2)8-7(5)12-10(16-8)9(11)13;3-2(4,5)1(6)7/h3-4H,1-2H3,(H2,11,13);(H,6,7). The van der Waals surface area contributed by atoms with Crippen LogP contribution in [0.25, 0.3) is 10.2 Å². The van der Waals surface area contributed by atoms with Crippen LogP contribution in [0.3, 0.4) is 0 Å². The van der Waals surface area contributed by atoms with Gasteiger partial charge in [-0.25, -0.2) is 9.78 Å². The summed E-state index contributed by atoms with van der Waals surface area (Å²) in [6.45, 7) is 0. The first-order valence-corrected chi connectivity index (χ1v) is 6.54. The molecule has 0 spiro atoms. The summed E-state index contributed by atoms with van der Waals surface area (Å²) in [6, 6.07) is 3.51. The van der Waals surface area contributed by atoms with Gasteiger partial charge in [0.1, 0.15) is 21.7 Å². The van der Waals surface area contributed by atoms with Crippen molar-refractivity contribution in [2.75, 3.05) is 14.2 Å². The van der Waals surface area contributed by atoms with Crippen molar-refractivity contribution in [2.45, 2.75) is 6.18 Å². The zero-order valence-electron chi connectivity index (χ0n) is 11.8. The van der Waals surface area contributed by atoms with Gasteiger partial charge in [0.15, 0.2) is 5.01 Å². The van der Waals surface area contributed by atoms with Crippen LogP contribution in [0.2, 0.25) is 0 Å². The number of aromatic nitrogens is 1. The first kappa shape index (κ1) is 18.5. The van der Waals surface area contributed by atoms with Crippen molar-refractivity contribution in [3.05, 3.63) is 17.1 Å². The Morgan fingerprint density at radius 3 is 2.09 bits per heavy atom. The minimum absolute atomic E-state index is 0.248. The van der Waals surface area contributed by atoms with E-state index >= 15 is 0 Å². The molecule has 0 saturated carbocycles. The highest BCUT2D eigenvalue weighted by atomic mass is 32.1. The lowest BCUT2D eigenvalue weighted by atomic mass is 10.3. The smallest absolute Gasteiger partial charge is 0.490 e. The Morgan fingerprint density at radius 1 is 1.22 bits per heavy atom. The van der Waals surface area contributed by atoms with Crippen molar-refractivity contribution in [1.29, 1.82) is 0 Å². The highest BCUT2D eigenvalue weighted by Gasteiger charge is 2.38. The summed E-state index contributed by atoms with van der Waals surface area (Å²) in [7, 11) is 3.11. The number of nitrogens with two attached hydrogens (primary N) is 1. The minimum Gasteiger partial charge on any atom is -0.495 e. The zero-order chi connectivity index (χ0) is 17.8. The van der Waals surface area contributed by atoms with Crippen LogP contribution in [0, 0.1) is 0 Å². The Morgan fingerprint density at radius 2 is 1.70 bits per heavy atom. The molecule has 0 atom stereocenters. The number of carbonyl (C=O) groups is 2. The molecule has 1 heterocycles. The first-order valence-electron chi connectivity index (χ1n) is 5.73. The molecule has 126 valence electrons. The number of ether oxygens (including phenoxy) is 2. The summed E-state index contributed by atoms with van der Waals surface area (Å²) < 4.78 is 42.8. The molecule has 23 heavy (non-hydrogen) atoms. The fraction of sp³-hybridized carbons (Fsp3) is 0.250. The molecule has 0 bridgehead atoms. The normalized spacial score (nSPS) is 10.7. The Balaban J connectivity index is 0.000000322. The molecule has 0 fully saturated rings. The second-order valence-corrected chi connectivity index (χ2v) is 4.83. The predicted octanol–water partition coefficient (Wildman–Crippen LogP) is 2.05. The molecule has 7 nitrogen and oxygen atoms in total. The molecule has 0 radical (unpaired) electrons. The van der Waals surface area contributed by atoms with Gasteiger partial charge >= 0.3 is 12.1 Å². The van der Waals surface area contributed by atoms with E-state index in [0.717, 1.165) is 4.70 Å². The van der Waals surface area contributed by atoms with Gasteiger partial charge in [0.2, 0.25) is 0 Å². The van der Waals surface area contributed by atoms with Gasteiger partial charge in [0.05, 0.1) is 14.2 Å². The van der Waals surface area contributed by atoms with Crippen molar-refractivity contribution < 1.29 is 37.3 Å². The van der Waals surface area contributed by atoms with E-state index in [1.165, 1.54) is 11.3 Å². The molecule has 1 aromatic carbocycles. The summed E-state index contributed by atoms with van der Waals surface area (Å²) in [5, 5.41) is 7.37. The molecule has 0 aliphatic heterocycles. The third-order valence-corrected chi connectivity index (χ3v) is 3.45. The van der Waals surface area contributed by atoms with Crippen molar-refractivity contribution in [2.24, 2.45) is 5.73 Å². The van der Waals surface area contributed by atoms with Crippen LogP contribution >= 0.6 is 11.3 Å². The number of nitrogens with zero attached hydrogens (tertiary/aromatic N) is 1. The Bertz CT molecular complexity index is 688. The quantitative estimate of drug-likeness (QED) is 0.874. The second kappa shape index (κ2) is 7.13. The highest BCUT2D eigenvalue weighted by Crippen LogP contribution is 2.36. The monoisotopic (exact) mass is 352 g/mol. The number of primary amides is 1. The van der Waals surface area contributed by atoms with Gasteiger partial charge in [-0.1, -0.05) is 0 Å². The Kier molecular flexibility index (Phi) is 5.73. The molecule has 0 aliphatic rings. The maximum atomic E-state index is 11.1. The van der Waals surface area contributed by atoms with Crippen LogP contribution in [0.1, 0.15) is 9.80 Å². The predicted molar refractivity (Wildman–Crippen MR) is 74.9 cm³/mol. The fourth-order valence-corrected chi connectivity index (χ4v) is 2.32. The number of halogens is 3. The number of hydrogen-bond donors (Lipinski definition) is 2. The van der Waals surface area contributed by atoms with E-state index in [1.54, 1.807) is 26.4 Å². The molecule has 0 unspecified atom stereocenters. The lowest BCUT2D eigenvalue weighted by Crippen LogP contribution is -2.21. The molecule has 2 aromatic rings. The average Bonchev–Trinajstić information content (AvgIpc) is 2.91. The number of rotatable bonds is 3. The summed E-state index contributed by atoms with van der Waals surface area (Å²) >= 11 is 1.20. The number of benzene rings is 1. The van der Waals surface area contributed by atoms with Crippen LogP contribution in [-0.2, 0) is 4.79 Å². The van der Waals surface area contributed by atoms with Crippen LogP contribution in [0.5, 0.6) is 11.5 Å². The summed E-state index contributed by atoms with van der Waals surface area (Å²) in [6.07, 6.45) is -5.08. The number of hydrogen-bond acceptors (Lipinski definition) is 6. The number of carboxylic acid groups (broad SMARTS) is 1. The third kappa shape index (κ3) is 4.45. The molecular weight excluding hydrogens is 341 g/mol. The molecule has 1 amide bonds. The van der Waals surface area contributed by atoms with Crippen molar-refractivity contribution in [3.8, 4) is 11.5 Å². The van der Waals surface area contributed by atoms with E-state index in [9.17, 15) is 18.0 Å². The summed E-state index contributed by atoms with van der Waals surface area (Å²) in [5.41, 5.74) is 5.79. The molecular formula is C12H11F3N2O5S. The molecule has 11 heteroatoms. The number of aliphatic carboxylic acids is 1. The van der Waals surface area contributed by atoms with E-state index in [1.807, 2.05) is 0 Å². The van der Waals surface area contributed by atoms with Gasteiger partial charge < -0.3 is 20.3 Å². The molecule has 1 aromatic heterocycles. The molecule has 2 rings (SSSR count). The average molecular weight is 352 g/mol. The van der Waals surface area contributed by atoms with Gasteiger partial charge in [-0.3, -0.25) is 4.79 Å².